The maximum Gasteiger partial charge on any atom is 0.289 e. The molecule has 1 aromatic carbocycles. The van der Waals surface area contributed by atoms with Crippen LogP contribution in [0.1, 0.15) is 20.9 Å². The van der Waals surface area contributed by atoms with E-state index in [4.69, 9.17) is 4.42 Å². The van der Waals surface area contributed by atoms with E-state index in [1.807, 2.05) is 4.90 Å². The molecular formula is C18H19BrN4O4. The second-order valence-electron chi connectivity index (χ2n) is 6.05. The average Bonchev–Trinajstić information content (AvgIpc) is 3.21. The Hall–Kier alpha value is -2.65. The van der Waals surface area contributed by atoms with Gasteiger partial charge in [0, 0.05) is 36.2 Å². The van der Waals surface area contributed by atoms with Crippen molar-refractivity contribution < 1.29 is 18.8 Å². The van der Waals surface area contributed by atoms with Crippen molar-refractivity contribution in [2.45, 2.75) is 0 Å². The third kappa shape index (κ3) is 5.18. The van der Waals surface area contributed by atoms with Gasteiger partial charge in [-0.1, -0.05) is 15.9 Å². The zero-order valence-corrected chi connectivity index (χ0v) is 16.1. The highest BCUT2D eigenvalue weighted by Gasteiger charge is 2.24. The number of rotatable bonds is 4. The number of halogens is 1. The number of hydrogen-bond donors (Lipinski definition) is 2. The van der Waals surface area contributed by atoms with Gasteiger partial charge in [0.25, 0.3) is 17.7 Å². The minimum absolute atomic E-state index is 0.142. The molecule has 0 unspecified atom stereocenters. The number of nitrogens with zero attached hydrogens (tertiary/aromatic N) is 2. The Kier molecular flexibility index (Phi) is 6.25. The summed E-state index contributed by atoms with van der Waals surface area (Å²) in [5.41, 5.74) is 5.26. The van der Waals surface area contributed by atoms with Crippen molar-refractivity contribution in [1.29, 1.82) is 0 Å². The van der Waals surface area contributed by atoms with E-state index < -0.39 is 0 Å². The van der Waals surface area contributed by atoms with Gasteiger partial charge in [-0.05, 0) is 36.4 Å². The van der Waals surface area contributed by atoms with Gasteiger partial charge < -0.3 is 9.32 Å². The maximum absolute atomic E-state index is 12.2. The standard InChI is InChI=1S/C18H19BrN4O4/c19-14-5-3-13(4-6-14)17(25)21-20-16(24)12-22-7-9-23(10-8-22)18(26)15-2-1-11-27-15/h1-6,11H,7-10,12H2,(H,20,24)(H,21,25). The fourth-order valence-electron chi connectivity index (χ4n) is 2.71. The van der Waals surface area contributed by atoms with Crippen LogP contribution in [0, 0.1) is 0 Å². The predicted molar refractivity (Wildman–Crippen MR) is 101 cm³/mol. The third-order valence-electron chi connectivity index (χ3n) is 4.18. The number of hydrogen-bond acceptors (Lipinski definition) is 5. The monoisotopic (exact) mass is 434 g/mol. The van der Waals surface area contributed by atoms with E-state index in [-0.39, 0.29) is 24.3 Å². The summed E-state index contributed by atoms with van der Waals surface area (Å²) in [6.45, 7) is 2.31. The molecule has 27 heavy (non-hydrogen) atoms. The first kappa shape index (κ1) is 19.1. The van der Waals surface area contributed by atoms with Crippen LogP contribution in [0.5, 0.6) is 0 Å². The Bertz CT molecular complexity index is 799. The molecule has 0 atom stereocenters. The predicted octanol–water partition coefficient (Wildman–Crippen LogP) is 1.26. The van der Waals surface area contributed by atoms with Gasteiger partial charge in [0.15, 0.2) is 5.76 Å². The molecule has 8 nitrogen and oxygen atoms in total. The van der Waals surface area contributed by atoms with Gasteiger partial charge >= 0.3 is 0 Å². The van der Waals surface area contributed by atoms with E-state index in [0.29, 0.717) is 37.5 Å². The van der Waals surface area contributed by atoms with Crippen LogP contribution in [-0.4, -0.2) is 60.2 Å². The zero-order chi connectivity index (χ0) is 19.2. The number of furan rings is 1. The van der Waals surface area contributed by atoms with Crippen LogP contribution in [-0.2, 0) is 4.79 Å². The number of nitrogens with one attached hydrogen (secondary N) is 2. The van der Waals surface area contributed by atoms with Gasteiger partial charge in [-0.3, -0.25) is 30.1 Å². The third-order valence-corrected chi connectivity index (χ3v) is 4.71. The highest BCUT2D eigenvalue weighted by Crippen LogP contribution is 2.10. The summed E-state index contributed by atoms with van der Waals surface area (Å²) >= 11 is 3.30. The first-order valence-electron chi connectivity index (χ1n) is 8.43. The Morgan fingerprint density at radius 1 is 1.00 bits per heavy atom. The summed E-state index contributed by atoms with van der Waals surface area (Å²) in [7, 11) is 0. The molecule has 0 radical (unpaired) electrons. The molecule has 2 heterocycles. The number of carbonyl (C=O) groups is 3. The minimum atomic E-state index is -0.385. The van der Waals surface area contributed by atoms with Crippen LogP contribution in [0.25, 0.3) is 0 Å². The lowest BCUT2D eigenvalue weighted by Crippen LogP contribution is -2.52. The molecule has 0 spiro atoms. The first-order chi connectivity index (χ1) is 13.0. The molecule has 1 saturated heterocycles. The van der Waals surface area contributed by atoms with E-state index in [0.717, 1.165) is 4.47 Å². The minimum Gasteiger partial charge on any atom is -0.459 e. The highest BCUT2D eigenvalue weighted by atomic mass is 79.9. The molecule has 0 aliphatic carbocycles. The smallest absolute Gasteiger partial charge is 0.289 e. The van der Waals surface area contributed by atoms with E-state index in [1.54, 1.807) is 41.3 Å². The lowest BCUT2D eigenvalue weighted by molar-refractivity contribution is -0.123. The van der Waals surface area contributed by atoms with Crippen molar-refractivity contribution in [2.75, 3.05) is 32.7 Å². The molecule has 2 N–H and O–H groups in total. The van der Waals surface area contributed by atoms with Crippen LogP contribution in [0.15, 0.2) is 51.6 Å². The zero-order valence-electron chi connectivity index (χ0n) is 14.5. The van der Waals surface area contributed by atoms with E-state index >= 15 is 0 Å². The van der Waals surface area contributed by atoms with Crippen molar-refractivity contribution in [2.24, 2.45) is 0 Å². The summed E-state index contributed by atoms with van der Waals surface area (Å²) < 4.78 is 5.99. The largest absolute Gasteiger partial charge is 0.459 e. The van der Waals surface area contributed by atoms with Gasteiger partial charge in [-0.2, -0.15) is 0 Å². The van der Waals surface area contributed by atoms with Crippen LogP contribution < -0.4 is 10.9 Å². The second-order valence-corrected chi connectivity index (χ2v) is 6.97. The molecular weight excluding hydrogens is 416 g/mol. The van der Waals surface area contributed by atoms with Crippen LogP contribution in [0.2, 0.25) is 0 Å². The Labute approximate surface area is 164 Å². The van der Waals surface area contributed by atoms with Gasteiger partial charge in [-0.25, -0.2) is 0 Å². The summed E-state index contributed by atoms with van der Waals surface area (Å²) in [6, 6.07) is 10.1. The van der Waals surface area contributed by atoms with Crippen molar-refractivity contribution >= 4 is 33.7 Å². The Morgan fingerprint density at radius 3 is 2.33 bits per heavy atom. The average molecular weight is 435 g/mol. The van der Waals surface area contributed by atoms with E-state index in [1.165, 1.54) is 6.26 Å². The molecule has 1 aromatic heterocycles. The SMILES string of the molecule is O=C(CN1CCN(C(=O)c2ccco2)CC1)NNC(=O)c1ccc(Br)cc1. The van der Waals surface area contributed by atoms with Crippen LogP contribution in [0.3, 0.4) is 0 Å². The molecule has 0 saturated carbocycles. The molecule has 2 aromatic rings. The van der Waals surface area contributed by atoms with Crippen molar-refractivity contribution in [3.05, 3.63) is 58.5 Å². The summed E-state index contributed by atoms with van der Waals surface area (Å²) in [6.07, 6.45) is 1.47. The van der Waals surface area contributed by atoms with E-state index in [9.17, 15) is 14.4 Å². The molecule has 1 fully saturated rings. The fraction of sp³-hybridized carbons (Fsp3) is 0.278. The summed E-state index contributed by atoms with van der Waals surface area (Å²) in [5.74, 6) is -0.529. The van der Waals surface area contributed by atoms with Gasteiger partial charge in [0.1, 0.15) is 0 Å². The summed E-state index contributed by atoms with van der Waals surface area (Å²) in [4.78, 5) is 39.8. The van der Waals surface area contributed by atoms with Crippen molar-refractivity contribution in [1.82, 2.24) is 20.7 Å². The molecule has 3 amide bonds. The number of hydrazine groups is 1. The second kappa shape index (κ2) is 8.83. The van der Waals surface area contributed by atoms with Gasteiger partial charge in [0.2, 0.25) is 0 Å². The molecule has 0 bridgehead atoms. The normalized spacial score (nSPS) is 14.6. The summed E-state index contributed by atoms with van der Waals surface area (Å²) in [5, 5.41) is 0. The maximum atomic E-state index is 12.2. The topological polar surface area (TPSA) is 94.9 Å². The first-order valence-corrected chi connectivity index (χ1v) is 9.22. The number of benzene rings is 1. The Morgan fingerprint density at radius 2 is 1.70 bits per heavy atom. The molecule has 9 heteroatoms. The lowest BCUT2D eigenvalue weighted by atomic mass is 10.2. The Balaban J connectivity index is 1.40. The molecule has 142 valence electrons. The van der Waals surface area contributed by atoms with Crippen LogP contribution in [0.4, 0.5) is 0 Å². The van der Waals surface area contributed by atoms with Gasteiger partial charge in [-0.15, -0.1) is 0 Å². The fourth-order valence-corrected chi connectivity index (χ4v) is 2.97. The van der Waals surface area contributed by atoms with Crippen molar-refractivity contribution in [3.63, 3.8) is 0 Å². The van der Waals surface area contributed by atoms with Crippen molar-refractivity contribution in [3.8, 4) is 0 Å². The molecule has 1 aliphatic heterocycles. The van der Waals surface area contributed by atoms with E-state index in [2.05, 4.69) is 26.8 Å². The molecule has 1 aliphatic rings. The number of carbonyl (C=O) groups excluding carboxylic acids is 3. The van der Waals surface area contributed by atoms with Crippen LogP contribution >= 0.6 is 15.9 Å². The number of amides is 3. The van der Waals surface area contributed by atoms with Gasteiger partial charge in [0.05, 0.1) is 12.8 Å². The molecule has 3 rings (SSSR count). The quantitative estimate of drug-likeness (QED) is 0.706. The highest BCUT2D eigenvalue weighted by molar-refractivity contribution is 9.10. The lowest BCUT2D eigenvalue weighted by Gasteiger charge is -2.33. The number of piperazine rings is 1.